The Morgan fingerprint density at radius 2 is 2.08 bits per heavy atom. The first-order valence-electron chi connectivity index (χ1n) is 4.88. The highest BCUT2D eigenvalue weighted by Gasteiger charge is 2.01. The summed E-state index contributed by atoms with van der Waals surface area (Å²) in [6, 6.07) is 8.06. The fourth-order valence-electron chi connectivity index (χ4n) is 1.46. The molecule has 0 saturated heterocycles. The van der Waals surface area contributed by atoms with E-state index < -0.39 is 0 Å². The smallest absolute Gasteiger partial charge is 0.0386 e. The van der Waals surface area contributed by atoms with Crippen LogP contribution in [0.25, 0.3) is 0 Å². The Morgan fingerprint density at radius 3 is 2.62 bits per heavy atom. The number of rotatable bonds is 4. The second-order valence-electron chi connectivity index (χ2n) is 3.17. The summed E-state index contributed by atoms with van der Waals surface area (Å²) in [6.07, 6.45) is 1.17. The van der Waals surface area contributed by atoms with Crippen molar-refractivity contribution in [2.75, 3.05) is 23.7 Å². The molecule has 72 valence electrons. The minimum atomic E-state index is 0.840. The van der Waals surface area contributed by atoms with Crippen LogP contribution in [0.4, 0.5) is 11.4 Å². The molecular formula is C11H18N2. The summed E-state index contributed by atoms with van der Waals surface area (Å²) >= 11 is 0. The Balaban J connectivity index is 2.78. The van der Waals surface area contributed by atoms with Gasteiger partial charge in [-0.1, -0.05) is 13.0 Å². The van der Waals surface area contributed by atoms with E-state index in [9.17, 15) is 0 Å². The van der Waals surface area contributed by atoms with Crippen LogP contribution in [-0.4, -0.2) is 13.1 Å². The van der Waals surface area contributed by atoms with E-state index >= 15 is 0 Å². The molecule has 1 aromatic rings. The molecule has 0 amide bonds. The zero-order chi connectivity index (χ0) is 9.68. The maximum atomic E-state index is 5.72. The molecule has 1 rings (SSSR count). The zero-order valence-electron chi connectivity index (χ0n) is 8.46. The monoisotopic (exact) mass is 178 g/mol. The van der Waals surface area contributed by atoms with E-state index in [-0.39, 0.29) is 0 Å². The second-order valence-corrected chi connectivity index (χ2v) is 3.17. The molecule has 1 aromatic carbocycles. The maximum Gasteiger partial charge on any atom is 0.0386 e. The molecule has 0 atom stereocenters. The molecule has 0 aromatic heterocycles. The molecular weight excluding hydrogens is 160 g/mol. The highest BCUT2D eigenvalue weighted by atomic mass is 15.1. The first-order chi connectivity index (χ1) is 6.27. The van der Waals surface area contributed by atoms with Gasteiger partial charge in [-0.25, -0.2) is 0 Å². The Labute approximate surface area is 80.4 Å². The fourth-order valence-corrected chi connectivity index (χ4v) is 1.46. The number of anilines is 2. The van der Waals surface area contributed by atoms with E-state index in [2.05, 4.69) is 24.8 Å². The highest BCUT2D eigenvalue weighted by Crippen LogP contribution is 2.17. The summed E-state index contributed by atoms with van der Waals surface area (Å²) in [7, 11) is 0. The van der Waals surface area contributed by atoms with Gasteiger partial charge in [0.2, 0.25) is 0 Å². The van der Waals surface area contributed by atoms with Gasteiger partial charge in [-0.05, 0) is 31.5 Å². The standard InChI is InChI=1S/C11H18N2/c1-3-8-13(4-2)11-7-5-6-10(12)9-11/h5-7,9H,3-4,8,12H2,1-2H3. The molecule has 0 aliphatic heterocycles. The van der Waals surface area contributed by atoms with Crippen molar-refractivity contribution in [1.29, 1.82) is 0 Å². The van der Waals surface area contributed by atoms with E-state index in [0.29, 0.717) is 0 Å². The number of benzene rings is 1. The predicted molar refractivity (Wildman–Crippen MR) is 59.0 cm³/mol. The number of nitrogens with two attached hydrogens (primary N) is 1. The van der Waals surface area contributed by atoms with E-state index in [1.165, 1.54) is 12.1 Å². The Morgan fingerprint density at radius 1 is 1.31 bits per heavy atom. The third-order valence-corrected chi connectivity index (χ3v) is 2.11. The SMILES string of the molecule is CCCN(CC)c1cccc(N)c1. The van der Waals surface area contributed by atoms with Gasteiger partial charge in [0, 0.05) is 24.5 Å². The van der Waals surface area contributed by atoms with Crippen molar-refractivity contribution < 1.29 is 0 Å². The van der Waals surface area contributed by atoms with Gasteiger partial charge in [0.15, 0.2) is 0 Å². The van der Waals surface area contributed by atoms with Crippen LogP contribution >= 0.6 is 0 Å². The third kappa shape index (κ3) is 2.65. The zero-order valence-corrected chi connectivity index (χ0v) is 8.46. The fraction of sp³-hybridized carbons (Fsp3) is 0.455. The molecule has 0 saturated carbocycles. The van der Waals surface area contributed by atoms with Crippen molar-refractivity contribution in [2.45, 2.75) is 20.3 Å². The second kappa shape index (κ2) is 4.75. The van der Waals surface area contributed by atoms with Crippen LogP contribution in [-0.2, 0) is 0 Å². The van der Waals surface area contributed by atoms with Crippen LogP contribution in [0, 0.1) is 0 Å². The number of hydrogen-bond acceptors (Lipinski definition) is 2. The summed E-state index contributed by atoms with van der Waals surface area (Å²) in [6.45, 7) is 6.49. The largest absolute Gasteiger partial charge is 0.399 e. The Bertz CT molecular complexity index is 258. The lowest BCUT2D eigenvalue weighted by molar-refractivity contribution is 0.792. The van der Waals surface area contributed by atoms with Gasteiger partial charge in [0.1, 0.15) is 0 Å². The van der Waals surface area contributed by atoms with Gasteiger partial charge in [-0.15, -0.1) is 0 Å². The summed E-state index contributed by atoms with van der Waals surface area (Å²) in [4.78, 5) is 2.33. The van der Waals surface area contributed by atoms with Crippen molar-refractivity contribution in [1.82, 2.24) is 0 Å². The summed E-state index contributed by atoms with van der Waals surface area (Å²) < 4.78 is 0. The molecule has 0 heterocycles. The van der Waals surface area contributed by atoms with Crippen molar-refractivity contribution in [3.05, 3.63) is 24.3 Å². The molecule has 0 aliphatic carbocycles. The normalized spacial score (nSPS) is 10.0. The Hall–Kier alpha value is -1.18. The number of nitrogens with zero attached hydrogens (tertiary/aromatic N) is 1. The lowest BCUT2D eigenvalue weighted by atomic mass is 10.2. The van der Waals surface area contributed by atoms with Gasteiger partial charge in [0.25, 0.3) is 0 Å². The lowest BCUT2D eigenvalue weighted by Gasteiger charge is -2.22. The highest BCUT2D eigenvalue weighted by molar-refractivity contribution is 5.55. The topological polar surface area (TPSA) is 29.3 Å². The molecule has 0 bridgehead atoms. The van der Waals surface area contributed by atoms with Crippen LogP contribution in [0.15, 0.2) is 24.3 Å². The predicted octanol–water partition coefficient (Wildman–Crippen LogP) is 2.51. The molecule has 0 fully saturated rings. The van der Waals surface area contributed by atoms with Gasteiger partial charge < -0.3 is 10.6 Å². The summed E-state index contributed by atoms with van der Waals surface area (Å²) in [5.41, 5.74) is 7.79. The molecule has 13 heavy (non-hydrogen) atoms. The maximum absolute atomic E-state index is 5.72. The van der Waals surface area contributed by atoms with Crippen LogP contribution in [0.5, 0.6) is 0 Å². The lowest BCUT2D eigenvalue weighted by Crippen LogP contribution is -2.23. The van der Waals surface area contributed by atoms with Gasteiger partial charge >= 0.3 is 0 Å². The summed E-state index contributed by atoms with van der Waals surface area (Å²) in [5, 5.41) is 0. The van der Waals surface area contributed by atoms with Crippen LogP contribution in [0.1, 0.15) is 20.3 Å². The molecule has 2 nitrogen and oxygen atoms in total. The van der Waals surface area contributed by atoms with Crippen LogP contribution < -0.4 is 10.6 Å². The Kier molecular flexibility index (Phi) is 3.62. The van der Waals surface area contributed by atoms with Crippen molar-refractivity contribution in [3.8, 4) is 0 Å². The first kappa shape index (κ1) is 9.90. The minimum Gasteiger partial charge on any atom is -0.399 e. The number of hydrogen-bond donors (Lipinski definition) is 1. The molecule has 0 radical (unpaired) electrons. The quantitative estimate of drug-likeness (QED) is 0.718. The molecule has 2 N–H and O–H groups in total. The van der Waals surface area contributed by atoms with Crippen LogP contribution in [0.2, 0.25) is 0 Å². The van der Waals surface area contributed by atoms with E-state index in [4.69, 9.17) is 5.73 Å². The van der Waals surface area contributed by atoms with Gasteiger partial charge in [-0.2, -0.15) is 0 Å². The van der Waals surface area contributed by atoms with Crippen molar-refractivity contribution in [3.63, 3.8) is 0 Å². The van der Waals surface area contributed by atoms with Crippen molar-refractivity contribution in [2.24, 2.45) is 0 Å². The van der Waals surface area contributed by atoms with Crippen LogP contribution in [0.3, 0.4) is 0 Å². The van der Waals surface area contributed by atoms with E-state index in [1.54, 1.807) is 0 Å². The van der Waals surface area contributed by atoms with E-state index in [1.807, 2.05) is 18.2 Å². The number of nitrogen functional groups attached to an aromatic ring is 1. The molecule has 0 spiro atoms. The summed E-state index contributed by atoms with van der Waals surface area (Å²) in [5.74, 6) is 0. The minimum absolute atomic E-state index is 0.840. The average molecular weight is 178 g/mol. The van der Waals surface area contributed by atoms with Crippen molar-refractivity contribution >= 4 is 11.4 Å². The first-order valence-corrected chi connectivity index (χ1v) is 4.88. The third-order valence-electron chi connectivity index (χ3n) is 2.11. The molecule has 2 heteroatoms. The molecule has 0 unspecified atom stereocenters. The van der Waals surface area contributed by atoms with Gasteiger partial charge in [-0.3, -0.25) is 0 Å². The average Bonchev–Trinajstić information content (AvgIpc) is 2.14. The van der Waals surface area contributed by atoms with Gasteiger partial charge in [0.05, 0.1) is 0 Å². The molecule has 0 aliphatic rings. The van der Waals surface area contributed by atoms with E-state index in [0.717, 1.165) is 18.8 Å².